The summed E-state index contributed by atoms with van der Waals surface area (Å²) in [6.45, 7) is 6.04. The molecule has 2 aromatic rings. The summed E-state index contributed by atoms with van der Waals surface area (Å²) in [5, 5.41) is 0.868. The zero-order valence-electron chi connectivity index (χ0n) is 14.2. The molecule has 0 aliphatic heterocycles. The average Bonchev–Trinajstić information content (AvgIpc) is 2.62. The lowest BCUT2D eigenvalue weighted by Crippen LogP contribution is -2.04. The van der Waals surface area contributed by atoms with Crippen LogP contribution in [0.2, 0.25) is 5.02 Å². The van der Waals surface area contributed by atoms with Crippen molar-refractivity contribution in [1.82, 2.24) is 0 Å². The monoisotopic (exact) mass is 364 g/mol. The Morgan fingerprint density at radius 2 is 1.96 bits per heavy atom. The van der Waals surface area contributed by atoms with Crippen molar-refractivity contribution in [3.8, 4) is 5.75 Å². The smallest absolute Gasteiger partial charge is 0.355 e. The number of ether oxygens (including phenoxy) is 2. The maximum absolute atomic E-state index is 11.8. The number of halogens is 1. The van der Waals surface area contributed by atoms with E-state index < -0.39 is 11.6 Å². The van der Waals surface area contributed by atoms with Crippen LogP contribution >= 0.6 is 11.6 Å². The quantitative estimate of drug-likeness (QED) is 0.285. The first kappa shape index (κ1) is 19.1. The van der Waals surface area contributed by atoms with E-state index in [1.165, 1.54) is 0 Å². The van der Waals surface area contributed by atoms with E-state index in [-0.39, 0.29) is 5.02 Å². The number of hydrogen-bond acceptors (Lipinski definition) is 5. The number of rotatable bonds is 9. The Morgan fingerprint density at radius 3 is 2.68 bits per heavy atom. The summed E-state index contributed by atoms with van der Waals surface area (Å²) < 4.78 is 15.9. The van der Waals surface area contributed by atoms with Gasteiger partial charge < -0.3 is 13.9 Å². The first-order valence-corrected chi connectivity index (χ1v) is 8.56. The SMILES string of the molecule is C=CC(=O)OCCCCCCOc1cccc2c(C)c(Cl)c(=O)oc12. The molecule has 0 unspecified atom stereocenters. The van der Waals surface area contributed by atoms with Crippen LogP contribution < -0.4 is 10.4 Å². The van der Waals surface area contributed by atoms with Crippen molar-refractivity contribution in [1.29, 1.82) is 0 Å². The number of aryl methyl sites for hydroxylation is 1. The third kappa shape index (κ3) is 5.10. The number of benzene rings is 1. The molecule has 25 heavy (non-hydrogen) atoms. The summed E-state index contributed by atoms with van der Waals surface area (Å²) in [4.78, 5) is 22.6. The van der Waals surface area contributed by atoms with Gasteiger partial charge in [0.1, 0.15) is 5.02 Å². The van der Waals surface area contributed by atoms with Gasteiger partial charge in [0.2, 0.25) is 0 Å². The van der Waals surface area contributed by atoms with Crippen LogP contribution in [-0.4, -0.2) is 19.2 Å². The van der Waals surface area contributed by atoms with Crippen molar-refractivity contribution >= 4 is 28.5 Å². The van der Waals surface area contributed by atoms with Gasteiger partial charge in [-0.15, -0.1) is 0 Å². The number of hydrogen-bond donors (Lipinski definition) is 0. The van der Waals surface area contributed by atoms with Gasteiger partial charge >= 0.3 is 11.6 Å². The van der Waals surface area contributed by atoms with Gasteiger partial charge in [-0.2, -0.15) is 0 Å². The molecule has 0 aliphatic carbocycles. The molecule has 1 heterocycles. The van der Waals surface area contributed by atoms with Gasteiger partial charge in [0.25, 0.3) is 0 Å². The molecule has 1 aromatic carbocycles. The molecule has 0 fully saturated rings. The van der Waals surface area contributed by atoms with Crippen molar-refractivity contribution in [3.05, 3.63) is 51.9 Å². The van der Waals surface area contributed by atoms with Crippen molar-refractivity contribution in [2.24, 2.45) is 0 Å². The van der Waals surface area contributed by atoms with Crippen molar-refractivity contribution in [2.45, 2.75) is 32.6 Å². The lowest BCUT2D eigenvalue weighted by atomic mass is 10.1. The summed E-state index contributed by atoms with van der Waals surface area (Å²) in [5.41, 5.74) is 0.551. The molecule has 1 aromatic heterocycles. The number of unbranched alkanes of at least 4 members (excludes halogenated alkanes) is 3. The fourth-order valence-electron chi connectivity index (χ4n) is 2.41. The van der Waals surface area contributed by atoms with E-state index in [2.05, 4.69) is 6.58 Å². The highest BCUT2D eigenvalue weighted by atomic mass is 35.5. The summed E-state index contributed by atoms with van der Waals surface area (Å²) in [6.07, 6.45) is 4.70. The number of para-hydroxylation sites is 1. The molecule has 134 valence electrons. The Hall–Kier alpha value is -2.27. The maximum atomic E-state index is 11.8. The predicted molar refractivity (Wildman–Crippen MR) is 97.4 cm³/mol. The van der Waals surface area contributed by atoms with Crippen LogP contribution in [0, 0.1) is 6.92 Å². The number of esters is 1. The topological polar surface area (TPSA) is 65.7 Å². The second-order valence-electron chi connectivity index (χ2n) is 5.60. The van der Waals surface area contributed by atoms with Gasteiger partial charge in [-0.3, -0.25) is 0 Å². The molecule has 0 N–H and O–H groups in total. The van der Waals surface area contributed by atoms with E-state index in [1.54, 1.807) is 13.0 Å². The molecular formula is C19H21ClO5. The van der Waals surface area contributed by atoms with Crippen molar-refractivity contribution in [3.63, 3.8) is 0 Å². The van der Waals surface area contributed by atoms with Gasteiger partial charge in [-0.25, -0.2) is 9.59 Å². The molecule has 0 aliphatic rings. The van der Waals surface area contributed by atoms with E-state index in [9.17, 15) is 9.59 Å². The highest BCUT2D eigenvalue weighted by Gasteiger charge is 2.12. The van der Waals surface area contributed by atoms with Crippen LogP contribution in [0.5, 0.6) is 5.75 Å². The highest BCUT2D eigenvalue weighted by Crippen LogP contribution is 2.29. The minimum Gasteiger partial charge on any atom is -0.490 e. The summed E-state index contributed by atoms with van der Waals surface area (Å²) in [6, 6.07) is 5.46. The van der Waals surface area contributed by atoms with Crippen LogP contribution in [0.25, 0.3) is 11.0 Å². The number of carbonyl (C=O) groups excluding carboxylic acids is 1. The van der Waals surface area contributed by atoms with E-state index in [0.717, 1.165) is 37.1 Å². The zero-order chi connectivity index (χ0) is 18.2. The fraction of sp³-hybridized carbons (Fsp3) is 0.368. The van der Waals surface area contributed by atoms with Gasteiger partial charge in [0, 0.05) is 11.5 Å². The molecule has 0 saturated heterocycles. The second kappa shape index (κ2) is 9.28. The summed E-state index contributed by atoms with van der Waals surface area (Å²) >= 11 is 5.94. The summed E-state index contributed by atoms with van der Waals surface area (Å²) in [7, 11) is 0. The maximum Gasteiger partial charge on any atom is 0.355 e. The number of fused-ring (bicyclic) bond motifs is 1. The molecule has 0 bridgehead atoms. The van der Waals surface area contributed by atoms with Gasteiger partial charge in [0.15, 0.2) is 11.3 Å². The van der Waals surface area contributed by atoms with Crippen LogP contribution in [-0.2, 0) is 9.53 Å². The molecule has 0 spiro atoms. The Bertz CT molecular complexity index is 809. The second-order valence-corrected chi connectivity index (χ2v) is 5.97. The third-order valence-electron chi connectivity index (χ3n) is 3.79. The van der Waals surface area contributed by atoms with Gasteiger partial charge in [-0.05, 0) is 44.2 Å². The molecule has 0 saturated carbocycles. The van der Waals surface area contributed by atoms with Crippen LogP contribution in [0.3, 0.4) is 0 Å². The highest BCUT2D eigenvalue weighted by molar-refractivity contribution is 6.31. The average molecular weight is 365 g/mol. The molecular weight excluding hydrogens is 344 g/mol. The standard InChI is InChI=1S/C19H21ClO5/c1-3-16(21)24-12-7-5-4-6-11-23-15-10-8-9-14-13(2)17(20)19(22)25-18(14)15/h3,8-10H,1,4-7,11-12H2,2H3. The molecule has 6 heteroatoms. The first-order chi connectivity index (χ1) is 12.0. The Morgan fingerprint density at radius 1 is 1.24 bits per heavy atom. The van der Waals surface area contributed by atoms with E-state index in [4.69, 9.17) is 25.5 Å². The minimum atomic E-state index is -0.559. The van der Waals surface area contributed by atoms with E-state index in [1.807, 2.05) is 12.1 Å². The fourth-order valence-corrected chi connectivity index (χ4v) is 2.55. The van der Waals surface area contributed by atoms with E-state index >= 15 is 0 Å². The van der Waals surface area contributed by atoms with Crippen molar-refractivity contribution in [2.75, 3.05) is 13.2 Å². The molecule has 2 rings (SSSR count). The van der Waals surface area contributed by atoms with E-state index in [0.29, 0.717) is 30.1 Å². The Balaban J connectivity index is 1.83. The zero-order valence-corrected chi connectivity index (χ0v) is 14.9. The minimum absolute atomic E-state index is 0.0989. The predicted octanol–water partition coefficient (Wildman–Crippen LogP) is 4.42. The van der Waals surface area contributed by atoms with Crippen molar-refractivity contribution < 1.29 is 18.7 Å². The van der Waals surface area contributed by atoms with Crippen LogP contribution in [0.4, 0.5) is 0 Å². The molecule has 0 amide bonds. The third-order valence-corrected chi connectivity index (χ3v) is 4.23. The lowest BCUT2D eigenvalue weighted by Gasteiger charge is -2.10. The lowest BCUT2D eigenvalue weighted by molar-refractivity contribution is -0.137. The largest absolute Gasteiger partial charge is 0.490 e. The summed E-state index contributed by atoms with van der Waals surface area (Å²) in [5.74, 6) is 0.144. The van der Waals surface area contributed by atoms with Gasteiger partial charge in [0.05, 0.1) is 13.2 Å². The molecule has 0 radical (unpaired) electrons. The Kier molecular flexibility index (Phi) is 7.07. The molecule has 5 nitrogen and oxygen atoms in total. The molecule has 0 atom stereocenters. The van der Waals surface area contributed by atoms with Crippen LogP contribution in [0.15, 0.2) is 40.1 Å². The van der Waals surface area contributed by atoms with Gasteiger partial charge in [-0.1, -0.05) is 30.3 Å². The normalized spacial score (nSPS) is 10.6. The van der Waals surface area contributed by atoms with Crippen LogP contribution in [0.1, 0.15) is 31.2 Å². The first-order valence-electron chi connectivity index (χ1n) is 8.18. The number of carbonyl (C=O) groups is 1. The Labute approximate surface area is 151 Å².